The highest BCUT2D eigenvalue weighted by Crippen LogP contribution is 2.34. The van der Waals surface area contributed by atoms with Crippen LogP contribution in [-0.2, 0) is 9.47 Å². The van der Waals surface area contributed by atoms with E-state index in [0.717, 1.165) is 53.9 Å². The molecule has 10 nitrogen and oxygen atoms in total. The van der Waals surface area contributed by atoms with Gasteiger partial charge in [-0.3, -0.25) is 9.89 Å². The van der Waals surface area contributed by atoms with Gasteiger partial charge in [0.05, 0.1) is 29.7 Å². The molecule has 0 saturated carbocycles. The van der Waals surface area contributed by atoms with Crippen molar-refractivity contribution in [1.29, 1.82) is 0 Å². The van der Waals surface area contributed by atoms with Gasteiger partial charge in [-0.25, -0.2) is 19.0 Å². The number of likely N-dealkylation sites (tertiary alicyclic amines) is 2. The molecule has 2 aliphatic heterocycles. The summed E-state index contributed by atoms with van der Waals surface area (Å²) < 4.78 is 26.8. The van der Waals surface area contributed by atoms with Gasteiger partial charge in [0.15, 0.2) is 0 Å². The van der Waals surface area contributed by atoms with Crippen LogP contribution in [0, 0.1) is 5.82 Å². The minimum atomic E-state index is -0.578. The van der Waals surface area contributed by atoms with Gasteiger partial charge in [-0.05, 0) is 103 Å². The van der Waals surface area contributed by atoms with Crippen LogP contribution >= 0.6 is 0 Å². The molecule has 0 aliphatic carbocycles. The van der Waals surface area contributed by atoms with Crippen LogP contribution < -0.4 is 5.32 Å². The van der Waals surface area contributed by atoms with Crippen molar-refractivity contribution >= 4 is 24.6 Å². The Morgan fingerprint density at radius 3 is 2.21 bits per heavy atom. The number of hydrogen-bond acceptors (Lipinski definition) is 7. The first-order valence-corrected chi connectivity index (χ1v) is 16.6. The number of aromatic nitrogens is 2. The molecule has 2 amide bonds. The molecular weight excluding hydrogens is 611 g/mol. The normalized spacial score (nSPS) is 18.6. The molecule has 0 spiro atoms. The zero-order valence-corrected chi connectivity index (χ0v) is 28.8. The second-order valence-electron chi connectivity index (χ2n) is 14.4. The van der Waals surface area contributed by atoms with Crippen LogP contribution in [-0.4, -0.2) is 75.5 Å². The molecule has 2 N–H and O–H groups in total. The predicted molar refractivity (Wildman–Crippen MR) is 186 cm³/mol. The fourth-order valence-electron chi connectivity index (χ4n) is 6.14. The molecule has 3 aromatic rings. The van der Waals surface area contributed by atoms with Crippen LogP contribution in [0.2, 0.25) is 0 Å². The average Bonchev–Trinajstić information content (AvgIpc) is 3.78. The number of rotatable bonds is 8. The van der Waals surface area contributed by atoms with Gasteiger partial charge in [0.2, 0.25) is 0 Å². The molecule has 2 saturated heterocycles. The lowest BCUT2D eigenvalue weighted by Gasteiger charge is -2.29. The number of aliphatic imine (C=N–C) groups is 1. The molecular formula is C37H47FN6O4. The highest BCUT2D eigenvalue weighted by Gasteiger charge is 2.35. The maximum Gasteiger partial charge on any atom is 0.410 e. The number of carbonyl (C=O) groups is 2. The van der Waals surface area contributed by atoms with Gasteiger partial charge in [-0.2, -0.15) is 0 Å². The Bertz CT molecular complexity index is 1650. The smallest absolute Gasteiger partial charge is 0.410 e. The van der Waals surface area contributed by atoms with Gasteiger partial charge >= 0.3 is 12.2 Å². The van der Waals surface area contributed by atoms with E-state index in [4.69, 9.17) is 9.47 Å². The van der Waals surface area contributed by atoms with Crippen LogP contribution in [0.5, 0.6) is 0 Å². The summed E-state index contributed by atoms with van der Waals surface area (Å²) in [5, 5.41) is 3.29. The maximum atomic E-state index is 15.6. The third-order valence-electron chi connectivity index (χ3n) is 8.33. The number of imidazole rings is 1. The maximum absolute atomic E-state index is 15.6. The number of ether oxygens (including phenoxy) is 2. The molecule has 11 heteroatoms. The van der Waals surface area contributed by atoms with Crippen LogP contribution in [0.15, 0.2) is 59.9 Å². The molecule has 2 atom stereocenters. The largest absolute Gasteiger partial charge is 0.444 e. The van der Waals surface area contributed by atoms with E-state index in [1.54, 1.807) is 22.1 Å². The molecule has 0 radical (unpaired) electrons. The second kappa shape index (κ2) is 14.2. The number of H-pyrrole nitrogens is 1. The van der Waals surface area contributed by atoms with Gasteiger partial charge in [0.1, 0.15) is 22.8 Å². The first-order valence-electron chi connectivity index (χ1n) is 16.6. The molecule has 2 fully saturated rings. The van der Waals surface area contributed by atoms with Crippen molar-refractivity contribution in [3.63, 3.8) is 0 Å². The minimum Gasteiger partial charge on any atom is -0.444 e. The van der Waals surface area contributed by atoms with E-state index in [0.29, 0.717) is 30.9 Å². The fraction of sp³-hybridized carbons (Fsp3) is 0.459. The number of aromatic amines is 1. The fourth-order valence-corrected chi connectivity index (χ4v) is 6.14. The Kier molecular flexibility index (Phi) is 10.3. The summed E-state index contributed by atoms with van der Waals surface area (Å²) >= 11 is 0. The van der Waals surface area contributed by atoms with Gasteiger partial charge in [0, 0.05) is 31.4 Å². The van der Waals surface area contributed by atoms with Crippen molar-refractivity contribution in [3.05, 3.63) is 72.1 Å². The summed E-state index contributed by atoms with van der Waals surface area (Å²) in [4.78, 5) is 40.9. The van der Waals surface area contributed by atoms with Crippen molar-refractivity contribution in [3.8, 4) is 22.4 Å². The Balaban J connectivity index is 1.25. The van der Waals surface area contributed by atoms with Crippen molar-refractivity contribution in [1.82, 2.24) is 25.1 Å². The van der Waals surface area contributed by atoms with E-state index in [1.807, 2.05) is 71.9 Å². The quantitative estimate of drug-likeness (QED) is 0.238. The first kappa shape index (κ1) is 34.7. The lowest BCUT2D eigenvalue weighted by molar-refractivity contribution is 0.0212. The van der Waals surface area contributed by atoms with Crippen LogP contribution in [0.25, 0.3) is 28.1 Å². The number of carbonyl (C=O) groups excluding carboxylic acids is 2. The van der Waals surface area contributed by atoms with E-state index < -0.39 is 17.0 Å². The number of nitrogens with zero attached hydrogens (tertiary/aromatic N) is 4. The van der Waals surface area contributed by atoms with Gasteiger partial charge < -0.3 is 24.7 Å². The van der Waals surface area contributed by atoms with E-state index in [2.05, 4.69) is 27.0 Å². The van der Waals surface area contributed by atoms with Crippen LogP contribution in [0.1, 0.15) is 84.7 Å². The highest BCUT2D eigenvalue weighted by atomic mass is 19.1. The highest BCUT2D eigenvalue weighted by molar-refractivity contribution is 5.73. The topological polar surface area (TPSA) is 112 Å². The van der Waals surface area contributed by atoms with E-state index in [1.165, 1.54) is 12.3 Å². The monoisotopic (exact) mass is 658 g/mol. The van der Waals surface area contributed by atoms with Crippen molar-refractivity contribution in [2.45, 2.75) is 90.5 Å². The number of nitrogens with one attached hydrogen (secondary N) is 2. The number of amides is 2. The molecule has 3 heterocycles. The SMILES string of the molecule is C=N/C=C(\NC[C@@H]1CCCN1C(=O)OC(C)(C)C)c1ccc(-c2ccc(-c3cnc([C@@H]4CCCN4C(=O)OC(C)(C)C)[nH]3)cc2)cc1F. The first-order chi connectivity index (χ1) is 22.7. The Hall–Kier alpha value is -4.67. The number of hydrogen-bond donors (Lipinski definition) is 2. The summed E-state index contributed by atoms with van der Waals surface area (Å²) in [6, 6.07) is 12.7. The number of benzene rings is 2. The minimum absolute atomic E-state index is 0.0815. The van der Waals surface area contributed by atoms with Crippen molar-refractivity contribution in [2.24, 2.45) is 4.99 Å². The van der Waals surface area contributed by atoms with E-state index in [-0.39, 0.29) is 24.3 Å². The van der Waals surface area contributed by atoms with E-state index in [9.17, 15) is 9.59 Å². The van der Waals surface area contributed by atoms with E-state index >= 15 is 4.39 Å². The third-order valence-corrected chi connectivity index (χ3v) is 8.33. The summed E-state index contributed by atoms with van der Waals surface area (Å²) in [5.41, 5.74) is 3.05. The lowest BCUT2D eigenvalue weighted by atomic mass is 10.0. The number of halogens is 1. The molecule has 256 valence electrons. The third kappa shape index (κ3) is 8.42. The molecule has 5 rings (SSSR count). The lowest BCUT2D eigenvalue weighted by Crippen LogP contribution is -2.43. The molecule has 2 aliphatic rings. The second-order valence-corrected chi connectivity index (χ2v) is 14.4. The molecule has 48 heavy (non-hydrogen) atoms. The summed E-state index contributed by atoms with van der Waals surface area (Å²) in [6.45, 7) is 16.4. The Labute approximate surface area is 282 Å². The molecule has 0 unspecified atom stereocenters. The predicted octanol–water partition coefficient (Wildman–Crippen LogP) is 7.94. The zero-order valence-electron chi connectivity index (χ0n) is 28.8. The van der Waals surface area contributed by atoms with Gasteiger partial charge in [0.25, 0.3) is 0 Å². The van der Waals surface area contributed by atoms with Gasteiger partial charge in [-0.1, -0.05) is 30.3 Å². The zero-order chi connectivity index (χ0) is 34.6. The average molecular weight is 659 g/mol. The summed E-state index contributed by atoms with van der Waals surface area (Å²) in [7, 11) is 0. The molecule has 0 bridgehead atoms. The van der Waals surface area contributed by atoms with Crippen LogP contribution in [0.3, 0.4) is 0 Å². The Morgan fingerprint density at radius 1 is 0.958 bits per heavy atom. The van der Waals surface area contributed by atoms with Crippen molar-refractivity contribution < 1.29 is 23.5 Å². The summed E-state index contributed by atoms with van der Waals surface area (Å²) in [6.07, 6.45) is 6.00. The van der Waals surface area contributed by atoms with Crippen molar-refractivity contribution in [2.75, 3.05) is 19.6 Å². The Morgan fingerprint density at radius 2 is 1.56 bits per heavy atom. The molecule has 2 aromatic carbocycles. The molecule has 1 aromatic heterocycles. The van der Waals surface area contributed by atoms with Crippen LogP contribution in [0.4, 0.5) is 14.0 Å². The standard InChI is InChI=1S/C37H47FN6O4/c1-36(2,3)47-34(45)43-18-8-10-27(43)21-40-31(22-39-7)28-17-16-26(20-29(28)38)24-12-14-25(15-13-24)30-23-41-33(42-30)32-11-9-19-44(32)35(46)48-37(4,5)6/h12-17,20,22-23,27,32,40H,7-11,18-19,21H2,1-6H3,(H,41,42)/b31-22-/t27-,32-/m0/s1. The van der Waals surface area contributed by atoms with Gasteiger partial charge in [-0.15, -0.1) is 0 Å². The summed E-state index contributed by atoms with van der Waals surface area (Å²) in [5.74, 6) is 0.325.